The largest absolute Gasteiger partial charge is 0.468 e. The molecule has 1 saturated heterocycles. The number of benzene rings is 2. The first kappa shape index (κ1) is 27.7. The van der Waals surface area contributed by atoms with Gasteiger partial charge in [-0.15, -0.1) is 0 Å². The molecule has 3 rings (SSSR count). The van der Waals surface area contributed by atoms with Crippen LogP contribution in [0.25, 0.3) is 0 Å². The summed E-state index contributed by atoms with van der Waals surface area (Å²) in [5.41, 5.74) is 0.710. The number of unbranched alkanes of at least 4 members (excludes halogenated alkanes) is 1. The van der Waals surface area contributed by atoms with Crippen molar-refractivity contribution < 1.29 is 28.2 Å². The van der Waals surface area contributed by atoms with Crippen molar-refractivity contribution in [2.75, 3.05) is 31.7 Å². The second-order valence-electron chi connectivity index (χ2n) is 8.56. The number of thioether (sulfide) groups is 1. The fourth-order valence-corrected chi connectivity index (χ4v) is 4.81. The minimum atomic E-state index is -3.45. The lowest BCUT2D eigenvalue weighted by atomic mass is 10.0. The summed E-state index contributed by atoms with van der Waals surface area (Å²) in [7, 11) is 1.35. The minimum Gasteiger partial charge on any atom is -0.468 e. The average Bonchev–Trinajstić information content (AvgIpc) is 3.19. The molecule has 0 aromatic heterocycles. The van der Waals surface area contributed by atoms with Gasteiger partial charge in [0.2, 0.25) is 0 Å². The fraction of sp³-hybridized carbons (Fsp3) is 0.407. The maximum Gasteiger partial charge on any atom is 0.320 e. The van der Waals surface area contributed by atoms with Crippen LogP contribution in [-0.2, 0) is 22.0 Å². The number of carbonyl (C=O) groups excluding carboxylic acids is 2. The molecule has 1 fully saturated rings. The van der Waals surface area contributed by atoms with Crippen LogP contribution in [0.1, 0.15) is 24.0 Å². The van der Waals surface area contributed by atoms with Crippen LogP contribution in [-0.4, -0.2) is 70.8 Å². The van der Waals surface area contributed by atoms with E-state index in [0.29, 0.717) is 26.1 Å². The number of amides is 2. The standard InChI is InChI=1S/C27H32F2N2O4S/c1-35-25(33)20-36-17-9-8-16-31-23(19-30(26(31)34)18-21-10-4-2-5-11-21)14-15-24(32)27(28,29)22-12-6-3-7-13-22/h2-7,10-15,23-24,32H,8-9,16-20H2,1H3/b15-14+/t23-,24?/m0/s1. The summed E-state index contributed by atoms with van der Waals surface area (Å²) in [6.45, 7) is 1.20. The Kier molecular flexibility index (Phi) is 10.3. The van der Waals surface area contributed by atoms with Crippen LogP contribution in [0.5, 0.6) is 0 Å². The number of esters is 1. The zero-order valence-electron chi connectivity index (χ0n) is 20.3. The monoisotopic (exact) mass is 518 g/mol. The number of rotatable bonds is 13. The topological polar surface area (TPSA) is 70.1 Å². The van der Waals surface area contributed by atoms with E-state index in [1.54, 1.807) is 15.9 Å². The van der Waals surface area contributed by atoms with Crippen LogP contribution in [0, 0.1) is 0 Å². The first-order valence-electron chi connectivity index (χ1n) is 11.9. The predicted octanol–water partition coefficient (Wildman–Crippen LogP) is 4.69. The molecule has 0 radical (unpaired) electrons. The summed E-state index contributed by atoms with van der Waals surface area (Å²) in [5, 5.41) is 10.3. The molecule has 1 heterocycles. The van der Waals surface area contributed by atoms with Gasteiger partial charge in [-0.2, -0.15) is 20.5 Å². The smallest absolute Gasteiger partial charge is 0.320 e. The molecule has 2 atom stereocenters. The van der Waals surface area contributed by atoms with Gasteiger partial charge in [-0.3, -0.25) is 4.79 Å². The van der Waals surface area contributed by atoms with E-state index in [1.165, 1.54) is 49.2 Å². The van der Waals surface area contributed by atoms with E-state index >= 15 is 0 Å². The van der Waals surface area contributed by atoms with Crippen molar-refractivity contribution in [2.45, 2.75) is 37.5 Å². The van der Waals surface area contributed by atoms with Crippen LogP contribution < -0.4 is 0 Å². The van der Waals surface area contributed by atoms with Crippen molar-refractivity contribution in [2.24, 2.45) is 0 Å². The van der Waals surface area contributed by atoms with Gasteiger partial charge in [-0.05, 0) is 24.2 Å². The van der Waals surface area contributed by atoms with Crippen molar-refractivity contribution in [3.63, 3.8) is 0 Å². The van der Waals surface area contributed by atoms with E-state index in [0.717, 1.165) is 23.8 Å². The number of methoxy groups -OCH3 is 1. The zero-order valence-corrected chi connectivity index (χ0v) is 21.1. The Balaban J connectivity index is 1.65. The van der Waals surface area contributed by atoms with Crippen molar-refractivity contribution >= 4 is 23.8 Å². The maximum atomic E-state index is 14.7. The lowest BCUT2D eigenvalue weighted by Gasteiger charge is -2.23. The Morgan fingerprint density at radius 2 is 1.83 bits per heavy atom. The first-order chi connectivity index (χ1) is 17.3. The van der Waals surface area contributed by atoms with Gasteiger partial charge in [0.1, 0.15) is 6.10 Å². The van der Waals surface area contributed by atoms with Crippen LogP contribution in [0.15, 0.2) is 72.8 Å². The molecule has 36 heavy (non-hydrogen) atoms. The number of hydrogen-bond acceptors (Lipinski definition) is 5. The number of halogens is 2. The average molecular weight is 519 g/mol. The lowest BCUT2D eigenvalue weighted by Crippen LogP contribution is -2.35. The number of nitrogens with zero attached hydrogens (tertiary/aromatic N) is 2. The van der Waals surface area contributed by atoms with Crippen molar-refractivity contribution in [3.8, 4) is 0 Å². The molecule has 1 unspecified atom stereocenters. The van der Waals surface area contributed by atoms with Crippen molar-refractivity contribution in [1.29, 1.82) is 0 Å². The SMILES string of the molecule is COC(=O)CSCCCCN1C(=O)N(Cc2ccccc2)C[C@@H]1/C=C/C(O)C(F)(F)c1ccccc1. The Labute approximate surface area is 214 Å². The van der Waals surface area contributed by atoms with Gasteiger partial charge < -0.3 is 19.6 Å². The Morgan fingerprint density at radius 3 is 2.50 bits per heavy atom. The van der Waals surface area contributed by atoms with Gasteiger partial charge >= 0.3 is 17.9 Å². The molecule has 194 valence electrons. The summed E-state index contributed by atoms with van der Waals surface area (Å²) in [6.07, 6.45) is 2.07. The van der Waals surface area contributed by atoms with Gasteiger partial charge in [0.05, 0.1) is 18.9 Å². The molecule has 6 nitrogen and oxygen atoms in total. The minimum absolute atomic E-state index is 0.167. The van der Waals surface area contributed by atoms with Crippen molar-refractivity contribution in [1.82, 2.24) is 9.80 Å². The molecular formula is C27H32F2N2O4S. The molecule has 9 heteroatoms. The summed E-state index contributed by atoms with van der Waals surface area (Å²) in [6, 6.07) is 16.2. The summed E-state index contributed by atoms with van der Waals surface area (Å²) < 4.78 is 34.1. The third kappa shape index (κ3) is 7.54. The summed E-state index contributed by atoms with van der Waals surface area (Å²) in [5.74, 6) is -2.70. The number of urea groups is 1. The number of alkyl halides is 2. The predicted molar refractivity (Wildman–Crippen MR) is 137 cm³/mol. The number of aliphatic hydroxyl groups is 1. The molecule has 2 amide bonds. The quantitative estimate of drug-likeness (QED) is 0.237. The van der Waals surface area contributed by atoms with Crippen LogP contribution in [0.4, 0.5) is 13.6 Å². The van der Waals surface area contributed by atoms with Gasteiger partial charge in [0.15, 0.2) is 0 Å². The Morgan fingerprint density at radius 1 is 1.17 bits per heavy atom. The van der Waals surface area contributed by atoms with Gasteiger partial charge in [0, 0.05) is 25.2 Å². The summed E-state index contributed by atoms with van der Waals surface area (Å²) >= 11 is 1.47. The van der Waals surface area contributed by atoms with Crippen LogP contribution in [0.2, 0.25) is 0 Å². The number of carbonyl (C=O) groups is 2. The highest BCUT2D eigenvalue weighted by molar-refractivity contribution is 7.99. The zero-order chi connectivity index (χ0) is 26.0. The van der Waals surface area contributed by atoms with Gasteiger partial charge in [-0.1, -0.05) is 72.8 Å². The van der Waals surface area contributed by atoms with Crippen LogP contribution in [0.3, 0.4) is 0 Å². The number of hydrogen-bond donors (Lipinski definition) is 1. The number of aliphatic hydroxyl groups excluding tert-OH is 1. The first-order valence-corrected chi connectivity index (χ1v) is 13.0. The number of ether oxygens (including phenoxy) is 1. The molecule has 0 saturated carbocycles. The molecule has 0 aliphatic carbocycles. The molecule has 2 aromatic carbocycles. The van der Waals surface area contributed by atoms with E-state index in [9.17, 15) is 23.5 Å². The van der Waals surface area contributed by atoms with E-state index in [1.807, 2.05) is 30.3 Å². The fourth-order valence-electron chi connectivity index (χ4n) is 3.97. The molecule has 1 aliphatic heterocycles. The normalized spacial score (nSPS) is 17.1. The van der Waals surface area contributed by atoms with Gasteiger partial charge in [-0.25, -0.2) is 4.79 Å². The van der Waals surface area contributed by atoms with Crippen molar-refractivity contribution in [3.05, 3.63) is 83.9 Å². The summed E-state index contributed by atoms with van der Waals surface area (Å²) in [4.78, 5) is 27.8. The Hall–Kier alpha value is -2.91. The second kappa shape index (κ2) is 13.4. The molecule has 2 aromatic rings. The van der Waals surface area contributed by atoms with Crippen LogP contribution >= 0.6 is 11.8 Å². The molecule has 1 aliphatic rings. The molecule has 1 N–H and O–H groups in total. The van der Waals surface area contributed by atoms with E-state index in [2.05, 4.69) is 4.74 Å². The maximum absolute atomic E-state index is 14.7. The third-order valence-corrected chi connectivity index (χ3v) is 6.99. The van der Waals surface area contributed by atoms with Gasteiger partial charge in [0.25, 0.3) is 0 Å². The third-order valence-electron chi connectivity index (χ3n) is 5.97. The second-order valence-corrected chi connectivity index (χ2v) is 9.67. The highest BCUT2D eigenvalue weighted by atomic mass is 32.2. The Bertz CT molecular complexity index is 1010. The lowest BCUT2D eigenvalue weighted by molar-refractivity contribution is -0.137. The molecule has 0 bridgehead atoms. The molecular weight excluding hydrogens is 486 g/mol. The van der Waals surface area contributed by atoms with E-state index < -0.39 is 18.1 Å². The highest BCUT2D eigenvalue weighted by Crippen LogP contribution is 2.32. The van der Waals surface area contributed by atoms with E-state index in [4.69, 9.17) is 0 Å². The highest BCUT2D eigenvalue weighted by Gasteiger charge is 2.40. The van der Waals surface area contributed by atoms with E-state index in [-0.39, 0.29) is 23.3 Å². The molecule has 0 spiro atoms.